The van der Waals surface area contributed by atoms with Crippen molar-refractivity contribution in [2.75, 3.05) is 13.1 Å². The minimum Gasteiger partial charge on any atom is -0.444 e. The Labute approximate surface area is 138 Å². The molecule has 0 saturated carbocycles. The van der Waals surface area contributed by atoms with Crippen molar-refractivity contribution < 1.29 is 31.9 Å². The second-order valence-corrected chi connectivity index (χ2v) is 7.11. The smallest absolute Gasteiger partial charge is 0.408 e. The van der Waals surface area contributed by atoms with Gasteiger partial charge in [0.15, 0.2) is 0 Å². The van der Waals surface area contributed by atoms with Crippen molar-refractivity contribution in [3.05, 3.63) is 0 Å². The van der Waals surface area contributed by atoms with Gasteiger partial charge in [-0.1, -0.05) is 20.3 Å². The van der Waals surface area contributed by atoms with E-state index in [-0.39, 0.29) is 0 Å². The highest BCUT2D eigenvalue weighted by Gasteiger charge is 2.64. The first-order chi connectivity index (χ1) is 10.7. The summed E-state index contributed by atoms with van der Waals surface area (Å²) in [5.41, 5.74) is -0.819. The average Bonchev–Trinajstić information content (AvgIpc) is 2.61. The molecule has 0 aromatic heterocycles. The number of halogens is 4. The van der Waals surface area contributed by atoms with Gasteiger partial charge in [0.1, 0.15) is 11.6 Å². The summed E-state index contributed by atoms with van der Waals surface area (Å²) in [6, 6.07) is -1.21. The largest absolute Gasteiger partial charge is 0.444 e. The van der Waals surface area contributed by atoms with Gasteiger partial charge in [-0.05, 0) is 26.7 Å². The molecule has 1 heterocycles. The first-order valence-electron chi connectivity index (χ1n) is 7.74. The van der Waals surface area contributed by atoms with Crippen LogP contribution in [-0.4, -0.2) is 53.5 Å². The zero-order chi connectivity index (χ0) is 18.9. The van der Waals surface area contributed by atoms with E-state index in [9.17, 15) is 27.2 Å². The maximum absolute atomic E-state index is 13.3. The Kier molecular flexibility index (Phi) is 5.77. The van der Waals surface area contributed by atoms with Crippen molar-refractivity contribution >= 4 is 12.0 Å². The SMILES string of the molecule is CC[C@@H](C)C(NC(=O)OC(C)(C)C)C(=O)N1CC(F)(F)C(F)(F)C1. The molecule has 1 N–H and O–H groups in total. The number of carbonyl (C=O) groups is 2. The topological polar surface area (TPSA) is 58.6 Å². The molecule has 5 nitrogen and oxygen atoms in total. The molecule has 0 bridgehead atoms. The van der Waals surface area contributed by atoms with E-state index in [1.807, 2.05) is 0 Å². The molecule has 0 spiro atoms. The molecule has 24 heavy (non-hydrogen) atoms. The fraction of sp³-hybridized carbons (Fsp3) is 0.867. The van der Waals surface area contributed by atoms with Crippen molar-refractivity contribution in [2.45, 2.75) is 64.5 Å². The van der Waals surface area contributed by atoms with Gasteiger partial charge in [0.05, 0.1) is 13.1 Å². The van der Waals surface area contributed by atoms with Crippen molar-refractivity contribution in [1.82, 2.24) is 10.2 Å². The number of hydrogen-bond donors (Lipinski definition) is 1. The van der Waals surface area contributed by atoms with Crippen LogP contribution in [0.1, 0.15) is 41.0 Å². The standard InChI is InChI=1S/C15H24F4N2O3/c1-6-9(2)10(20-12(23)24-13(3,4)5)11(22)21-7-14(16,17)15(18,19)8-21/h9-10H,6-8H2,1-5H3,(H,20,23)/t9-,10?/m1/s1. The van der Waals surface area contributed by atoms with Crippen LogP contribution < -0.4 is 5.32 Å². The van der Waals surface area contributed by atoms with Gasteiger partial charge in [-0.3, -0.25) is 4.79 Å². The third-order valence-corrected chi connectivity index (χ3v) is 3.78. The molecular formula is C15H24F4N2O3. The highest BCUT2D eigenvalue weighted by atomic mass is 19.3. The summed E-state index contributed by atoms with van der Waals surface area (Å²) < 4.78 is 58.3. The number of rotatable bonds is 4. The Morgan fingerprint density at radius 1 is 1.17 bits per heavy atom. The fourth-order valence-corrected chi connectivity index (χ4v) is 2.24. The molecule has 2 amide bonds. The lowest BCUT2D eigenvalue weighted by Gasteiger charge is -2.29. The van der Waals surface area contributed by atoms with Gasteiger partial charge in [0, 0.05) is 0 Å². The summed E-state index contributed by atoms with van der Waals surface area (Å²) in [5.74, 6) is -9.97. The van der Waals surface area contributed by atoms with E-state index in [0.717, 1.165) is 0 Å². The van der Waals surface area contributed by atoms with Crippen LogP contribution in [0.15, 0.2) is 0 Å². The Balaban J connectivity index is 2.90. The van der Waals surface area contributed by atoms with E-state index in [1.165, 1.54) is 0 Å². The minimum atomic E-state index is -4.28. The highest BCUT2D eigenvalue weighted by Crippen LogP contribution is 2.41. The third-order valence-electron chi connectivity index (χ3n) is 3.78. The molecule has 1 aliphatic rings. The Morgan fingerprint density at radius 3 is 2.00 bits per heavy atom. The predicted octanol–water partition coefficient (Wildman–Crippen LogP) is 3.04. The van der Waals surface area contributed by atoms with E-state index in [1.54, 1.807) is 34.6 Å². The van der Waals surface area contributed by atoms with Crippen LogP contribution >= 0.6 is 0 Å². The molecule has 0 radical (unpaired) electrons. The number of alkyl halides is 4. The van der Waals surface area contributed by atoms with Gasteiger partial charge in [-0.25, -0.2) is 4.79 Å². The summed E-state index contributed by atoms with van der Waals surface area (Å²) in [6.07, 6.45) is -0.466. The highest BCUT2D eigenvalue weighted by molar-refractivity contribution is 5.86. The summed E-state index contributed by atoms with van der Waals surface area (Å²) in [5, 5.41) is 2.31. The Morgan fingerprint density at radius 2 is 1.62 bits per heavy atom. The summed E-state index contributed by atoms with van der Waals surface area (Å²) in [4.78, 5) is 24.7. The van der Waals surface area contributed by atoms with E-state index in [0.29, 0.717) is 11.3 Å². The number of carbonyl (C=O) groups excluding carboxylic acids is 2. The molecule has 0 aromatic carbocycles. The zero-order valence-electron chi connectivity index (χ0n) is 14.5. The van der Waals surface area contributed by atoms with Crippen LogP contribution in [0, 0.1) is 5.92 Å². The van der Waals surface area contributed by atoms with Gasteiger partial charge >= 0.3 is 17.9 Å². The first-order valence-corrected chi connectivity index (χ1v) is 7.74. The van der Waals surface area contributed by atoms with E-state index >= 15 is 0 Å². The molecule has 1 saturated heterocycles. The molecule has 1 aliphatic heterocycles. The average molecular weight is 356 g/mol. The van der Waals surface area contributed by atoms with E-state index in [2.05, 4.69) is 5.32 Å². The maximum Gasteiger partial charge on any atom is 0.408 e. The number of amides is 2. The van der Waals surface area contributed by atoms with Gasteiger partial charge in [-0.2, -0.15) is 17.6 Å². The summed E-state index contributed by atoms with van der Waals surface area (Å²) in [7, 11) is 0. The summed E-state index contributed by atoms with van der Waals surface area (Å²) in [6.45, 7) is 5.46. The van der Waals surface area contributed by atoms with Crippen LogP contribution in [0.25, 0.3) is 0 Å². The second kappa shape index (κ2) is 6.76. The number of nitrogens with one attached hydrogen (secondary N) is 1. The van der Waals surface area contributed by atoms with Crippen molar-refractivity contribution in [3.63, 3.8) is 0 Å². The molecule has 0 aliphatic carbocycles. The first kappa shape index (κ1) is 20.5. The number of hydrogen-bond acceptors (Lipinski definition) is 3. The number of likely N-dealkylation sites (tertiary alicyclic amines) is 1. The van der Waals surface area contributed by atoms with E-state index < -0.39 is 54.5 Å². The van der Waals surface area contributed by atoms with Crippen LogP contribution in [0.2, 0.25) is 0 Å². The molecule has 0 aromatic rings. The zero-order valence-corrected chi connectivity index (χ0v) is 14.5. The maximum atomic E-state index is 13.3. The lowest BCUT2D eigenvalue weighted by molar-refractivity contribution is -0.172. The molecule has 2 atom stereocenters. The van der Waals surface area contributed by atoms with Crippen LogP contribution in [-0.2, 0) is 9.53 Å². The molecule has 1 fully saturated rings. The Hall–Kier alpha value is -1.54. The van der Waals surface area contributed by atoms with Gasteiger partial charge in [0.2, 0.25) is 5.91 Å². The predicted molar refractivity (Wildman–Crippen MR) is 79.1 cm³/mol. The van der Waals surface area contributed by atoms with Crippen LogP contribution in [0.4, 0.5) is 22.4 Å². The molecule has 140 valence electrons. The third kappa shape index (κ3) is 4.73. The second-order valence-electron chi connectivity index (χ2n) is 7.11. The lowest BCUT2D eigenvalue weighted by atomic mass is 9.98. The number of alkyl carbamates (subject to hydrolysis) is 1. The molecule has 9 heteroatoms. The summed E-state index contributed by atoms with van der Waals surface area (Å²) >= 11 is 0. The van der Waals surface area contributed by atoms with Crippen LogP contribution in [0.5, 0.6) is 0 Å². The van der Waals surface area contributed by atoms with Crippen molar-refractivity contribution in [1.29, 1.82) is 0 Å². The Bertz CT molecular complexity index is 476. The fourth-order valence-electron chi connectivity index (χ4n) is 2.24. The van der Waals surface area contributed by atoms with Gasteiger partial charge in [-0.15, -0.1) is 0 Å². The van der Waals surface area contributed by atoms with Gasteiger partial charge in [0.25, 0.3) is 0 Å². The quantitative estimate of drug-likeness (QED) is 0.788. The van der Waals surface area contributed by atoms with E-state index in [4.69, 9.17) is 4.74 Å². The molecular weight excluding hydrogens is 332 g/mol. The van der Waals surface area contributed by atoms with Crippen LogP contribution in [0.3, 0.4) is 0 Å². The van der Waals surface area contributed by atoms with Gasteiger partial charge < -0.3 is 15.0 Å². The monoisotopic (exact) mass is 356 g/mol. The van der Waals surface area contributed by atoms with Crippen molar-refractivity contribution in [3.8, 4) is 0 Å². The lowest BCUT2D eigenvalue weighted by Crippen LogP contribution is -2.52. The molecule has 1 rings (SSSR count). The molecule has 1 unspecified atom stereocenters. The van der Waals surface area contributed by atoms with Crippen molar-refractivity contribution in [2.24, 2.45) is 5.92 Å². The normalized spacial score (nSPS) is 22.0. The number of nitrogens with zero attached hydrogens (tertiary/aromatic N) is 1. The minimum absolute atomic E-state index is 0.397. The number of ether oxygens (including phenoxy) is 1.